The average molecular weight is 413 g/mol. The maximum atomic E-state index is 13.2. The van der Waals surface area contributed by atoms with E-state index < -0.39 is 10.0 Å². The van der Waals surface area contributed by atoms with Crippen LogP contribution in [0.15, 0.2) is 53.4 Å². The van der Waals surface area contributed by atoms with E-state index in [0.29, 0.717) is 23.8 Å². The van der Waals surface area contributed by atoms with Crippen molar-refractivity contribution in [2.24, 2.45) is 11.1 Å². The Balaban J connectivity index is 1.67. The fraction of sp³-hybridized carbons (Fsp3) is 0.333. The van der Waals surface area contributed by atoms with Crippen molar-refractivity contribution in [1.29, 1.82) is 0 Å². The minimum absolute atomic E-state index is 0.0455. The molecule has 1 saturated carbocycles. The van der Waals surface area contributed by atoms with Gasteiger partial charge >= 0.3 is 0 Å². The van der Waals surface area contributed by atoms with Crippen LogP contribution in [0.2, 0.25) is 0 Å². The number of sulfonamides is 1. The number of nitrogens with one attached hydrogen (secondary N) is 1. The topological polar surface area (TPSA) is 107 Å². The molecule has 7 nitrogen and oxygen atoms in total. The van der Waals surface area contributed by atoms with Crippen molar-refractivity contribution in [2.45, 2.75) is 43.5 Å². The lowest BCUT2D eigenvalue weighted by Gasteiger charge is -2.22. The van der Waals surface area contributed by atoms with Crippen molar-refractivity contribution in [3.8, 4) is 0 Å². The van der Waals surface area contributed by atoms with Crippen LogP contribution in [0.25, 0.3) is 10.9 Å². The van der Waals surface area contributed by atoms with E-state index >= 15 is 0 Å². The lowest BCUT2D eigenvalue weighted by atomic mass is 9.89. The second-order valence-electron chi connectivity index (χ2n) is 7.58. The number of hydrogen-bond acceptors (Lipinski definition) is 4. The van der Waals surface area contributed by atoms with E-state index in [1.165, 1.54) is 31.4 Å². The van der Waals surface area contributed by atoms with Gasteiger partial charge in [-0.15, -0.1) is 0 Å². The van der Waals surface area contributed by atoms with Gasteiger partial charge in [0, 0.05) is 17.6 Å². The van der Waals surface area contributed by atoms with E-state index in [0.717, 1.165) is 23.7 Å². The number of hydrogen-bond donors (Lipinski definition) is 2. The van der Waals surface area contributed by atoms with E-state index in [1.54, 1.807) is 16.8 Å². The normalized spacial score (nSPS) is 15.5. The SMILES string of the molecule is NS(=O)(=O)c1cccc(NC(=O)c2c3ccccc3nn2CC2CCCCC2)c1. The number of nitrogens with two attached hydrogens (primary N) is 1. The number of nitrogens with zero attached hydrogens (tertiary/aromatic N) is 2. The Bertz CT molecular complexity index is 1150. The van der Waals surface area contributed by atoms with Gasteiger partial charge in [0.05, 0.1) is 10.4 Å². The Hall–Kier alpha value is -2.71. The van der Waals surface area contributed by atoms with Crippen LogP contribution in [-0.4, -0.2) is 24.1 Å². The van der Waals surface area contributed by atoms with Gasteiger partial charge in [-0.1, -0.05) is 43.5 Å². The van der Waals surface area contributed by atoms with Crippen LogP contribution in [0.5, 0.6) is 0 Å². The summed E-state index contributed by atoms with van der Waals surface area (Å²) >= 11 is 0. The summed E-state index contributed by atoms with van der Waals surface area (Å²) in [6.07, 6.45) is 5.99. The minimum Gasteiger partial charge on any atom is -0.321 e. The van der Waals surface area contributed by atoms with Crippen LogP contribution in [0, 0.1) is 5.92 Å². The highest BCUT2D eigenvalue weighted by atomic mass is 32.2. The molecule has 1 heterocycles. The molecule has 1 aromatic heterocycles. The molecule has 8 heteroatoms. The molecule has 0 atom stereocenters. The van der Waals surface area contributed by atoms with Crippen LogP contribution < -0.4 is 10.5 Å². The van der Waals surface area contributed by atoms with Gasteiger partial charge in [-0.3, -0.25) is 9.48 Å². The maximum Gasteiger partial charge on any atom is 0.274 e. The van der Waals surface area contributed by atoms with Crippen LogP contribution in [0.1, 0.15) is 42.6 Å². The highest BCUT2D eigenvalue weighted by Crippen LogP contribution is 2.27. The second kappa shape index (κ2) is 7.96. The first-order chi connectivity index (χ1) is 13.9. The third-order valence-corrected chi connectivity index (χ3v) is 6.35. The summed E-state index contributed by atoms with van der Waals surface area (Å²) in [7, 11) is -3.85. The van der Waals surface area contributed by atoms with E-state index in [2.05, 4.69) is 10.4 Å². The molecule has 0 spiro atoms. The number of anilines is 1. The predicted octanol–water partition coefficient (Wildman–Crippen LogP) is 3.52. The van der Waals surface area contributed by atoms with E-state index in [-0.39, 0.29) is 10.8 Å². The molecular formula is C21H24N4O3S. The molecule has 4 rings (SSSR count). The molecule has 0 unspecified atom stereocenters. The Morgan fingerprint density at radius 2 is 1.86 bits per heavy atom. The number of aromatic nitrogens is 2. The van der Waals surface area contributed by atoms with Crippen molar-refractivity contribution in [3.05, 3.63) is 54.2 Å². The van der Waals surface area contributed by atoms with Gasteiger partial charge in [-0.25, -0.2) is 13.6 Å². The summed E-state index contributed by atoms with van der Waals surface area (Å²) in [6, 6.07) is 13.5. The molecular weight excluding hydrogens is 388 g/mol. The first kappa shape index (κ1) is 19.6. The molecule has 1 fully saturated rings. The van der Waals surface area contributed by atoms with Gasteiger partial charge in [0.15, 0.2) is 0 Å². The number of rotatable bonds is 5. The number of fused-ring (bicyclic) bond motifs is 1. The first-order valence-corrected chi connectivity index (χ1v) is 11.4. The molecule has 29 heavy (non-hydrogen) atoms. The molecule has 0 aliphatic heterocycles. The van der Waals surface area contributed by atoms with E-state index in [9.17, 15) is 13.2 Å². The molecule has 0 saturated heterocycles. The summed E-state index contributed by atoms with van der Waals surface area (Å²) < 4.78 is 25.0. The molecule has 3 N–H and O–H groups in total. The number of carbonyl (C=O) groups excluding carboxylic acids is 1. The number of amides is 1. The molecule has 1 aliphatic rings. The van der Waals surface area contributed by atoms with Crippen molar-refractivity contribution in [1.82, 2.24) is 9.78 Å². The molecule has 1 aliphatic carbocycles. The lowest BCUT2D eigenvalue weighted by Crippen LogP contribution is -2.22. The minimum atomic E-state index is -3.85. The summed E-state index contributed by atoms with van der Waals surface area (Å²) in [5.74, 6) is 0.191. The van der Waals surface area contributed by atoms with Crippen LogP contribution in [0.3, 0.4) is 0 Å². The van der Waals surface area contributed by atoms with E-state index in [4.69, 9.17) is 5.14 Å². The number of carbonyl (C=O) groups is 1. The maximum absolute atomic E-state index is 13.2. The quantitative estimate of drug-likeness (QED) is 0.668. The first-order valence-electron chi connectivity index (χ1n) is 9.81. The van der Waals surface area contributed by atoms with Crippen molar-refractivity contribution < 1.29 is 13.2 Å². The fourth-order valence-electron chi connectivity index (χ4n) is 4.01. The Morgan fingerprint density at radius 3 is 2.62 bits per heavy atom. The Labute approximate surface area is 170 Å². The molecule has 3 aromatic rings. The zero-order chi connectivity index (χ0) is 20.4. The molecule has 0 bridgehead atoms. The summed E-state index contributed by atoms with van der Waals surface area (Å²) in [5, 5.41) is 13.5. The number of primary sulfonamides is 1. The summed E-state index contributed by atoms with van der Waals surface area (Å²) in [4.78, 5) is 13.1. The third-order valence-electron chi connectivity index (χ3n) is 5.44. The largest absolute Gasteiger partial charge is 0.321 e. The van der Waals surface area contributed by atoms with Crippen LogP contribution in [0.4, 0.5) is 5.69 Å². The van der Waals surface area contributed by atoms with Gasteiger partial charge in [-0.2, -0.15) is 5.10 Å². The predicted molar refractivity (Wildman–Crippen MR) is 112 cm³/mol. The van der Waals surface area contributed by atoms with Gasteiger partial charge in [0.2, 0.25) is 10.0 Å². The zero-order valence-corrected chi connectivity index (χ0v) is 16.9. The summed E-state index contributed by atoms with van der Waals surface area (Å²) in [6.45, 7) is 0.703. The average Bonchev–Trinajstić information content (AvgIpc) is 3.06. The monoisotopic (exact) mass is 412 g/mol. The molecule has 2 aromatic carbocycles. The molecule has 152 valence electrons. The van der Waals surface area contributed by atoms with Crippen LogP contribution >= 0.6 is 0 Å². The molecule has 1 amide bonds. The Morgan fingerprint density at radius 1 is 1.10 bits per heavy atom. The second-order valence-corrected chi connectivity index (χ2v) is 9.14. The summed E-state index contributed by atoms with van der Waals surface area (Å²) in [5.41, 5.74) is 1.63. The van der Waals surface area contributed by atoms with E-state index in [1.807, 2.05) is 24.3 Å². The van der Waals surface area contributed by atoms with Gasteiger partial charge in [-0.05, 0) is 43.0 Å². The Kier molecular flexibility index (Phi) is 5.38. The van der Waals surface area contributed by atoms with Crippen LogP contribution in [-0.2, 0) is 16.6 Å². The van der Waals surface area contributed by atoms with Gasteiger partial charge in [0.1, 0.15) is 5.69 Å². The smallest absolute Gasteiger partial charge is 0.274 e. The van der Waals surface area contributed by atoms with Crippen molar-refractivity contribution in [2.75, 3.05) is 5.32 Å². The lowest BCUT2D eigenvalue weighted by molar-refractivity contribution is 0.101. The molecule has 0 radical (unpaired) electrons. The van der Waals surface area contributed by atoms with Gasteiger partial charge in [0.25, 0.3) is 5.91 Å². The standard InChI is InChI=1S/C21H24N4O3S/c22-29(27,28)17-10-6-9-16(13-17)23-21(26)20-18-11-4-5-12-19(18)24-25(20)14-15-7-2-1-3-8-15/h4-6,9-13,15H,1-3,7-8,14H2,(H,23,26)(H2,22,27,28). The third kappa shape index (κ3) is 4.33. The van der Waals surface area contributed by atoms with Crippen molar-refractivity contribution in [3.63, 3.8) is 0 Å². The highest BCUT2D eigenvalue weighted by molar-refractivity contribution is 7.89. The number of benzene rings is 2. The highest BCUT2D eigenvalue weighted by Gasteiger charge is 2.22. The van der Waals surface area contributed by atoms with Crippen molar-refractivity contribution >= 4 is 32.5 Å². The van der Waals surface area contributed by atoms with Gasteiger partial charge < -0.3 is 5.32 Å². The zero-order valence-electron chi connectivity index (χ0n) is 16.0. The fourth-order valence-corrected chi connectivity index (χ4v) is 4.57.